The predicted octanol–water partition coefficient (Wildman–Crippen LogP) is 0.730. The van der Waals surface area contributed by atoms with Gasteiger partial charge in [0.1, 0.15) is 6.10 Å². The molecule has 2 rings (SSSR count). The van der Waals surface area contributed by atoms with Crippen LogP contribution >= 0.6 is 8.09 Å². The lowest BCUT2D eigenvalue weighted by atomic mass is 10.2. The van der Waals surface area contributed by atoms with Gasteiger partial charge in [0.05, 0.1) is 13.2 Å². The van der Waals surface area contributed by atoms with Crippen molar-refractivity contribution in [3.8, 4) is 0 Å². The topological polar surface area (TPSA) is 66.8 Å². The van der Waals surface area contributed by atoms with Crippen LogP contribution in [0.4, 0.5) is 0 Å². The Balaban J connectivity index is 2.10. The number of nitrogens with zero attached hydrogens (tertiary/aromatic N) is 3. The smallest absolute Gasteiger partial charge is 0.376 e. The molecule has 0 aromatic carbocycles. The third kappa shape index (κ3) is 3.35. The van der Waals surface area contributed by atoms with Crippen LogP contribution in [0.2, 0.25) is 0 Å². The third-order valence-electron chi connectivity index (χ3n) is 3.49. The van der Waals surface area contributed by atoms with Crippen LogP contribution in [0.15, 0.2) is 4.76 Å². The summed E-state index contributed by atoms with van der Waals surface area (Å²) >= 11 is 0. The van der Waals surface area contributed by atoms with E-state index >= 15 is 0 Å². The summed E-state index contributed by atoms with van der Waals surface area (Å²) in [5.41, 5.74) is 0. The number of hydrogen-bond donors (Lipinski definition) is 1. The first-order valence-electron chi connectivity index (χ1n) is 6.45. The summed E-state index contributed by atoms with van der Waals surface area (Å²) in [5.74, 6) is 0.698. The van der Waals surface area contributed by atoms with E-state index in [1.54, 1.807) is 0 Å². The summed E-state index contributed by atoms with van der Waals surface area (Å²) < 4.78 is 20.6. The van der Waals surface area contributed by atoms with E-state index in [0.29, 0.717) is 12.6 Å². The first-order chi connectivity index (χ1) is 8.95. The van der Waals surface area contributed by atoms with Gasteiger partial charge in [0.15, 0.2) is 0 Å². The van der Waals surface area contributed by atoms with Crippen LogP contribution in [0.5, 0.6) is 0 Å². The van der Waals surface area contributed by atoms with Gasteiger partial charge in [0, 0.05) is 45.0 Å². The van der Waals surface area contributed by atoms with Crippen LogP contribution in [-0.2, 0) is 13.8 Å². The van der Waals surface area contributed by atoms with E-state index in [0.717, 1.165) is 19.5 Å². The van der Waals surface area contributed by atoms with Gasteiger partial charge in [0.2, 0.25) is 5.96 Å². The highest BCUT2D eigenvalue weighted by atomic mass is 31.2. The molecule has 110 valence electrons. The van der Waals surface area contributed by atoms with Crippen molar-refractivity contribution in [1.82, 2.24) is 9.80 Å². The molecule has 0 amide bonds. The van der Waals surface area contributed by atoms with Gasteiger partial charge in [-0.25, -0.2) is 0 Å². The highest BCUT2D eigenvalue weighted by Crippen LogP contribution is 2.60. The van der Waals surface area contributed by atoms with Crippen LogP contribution in [0, 0.1) is 0 Å². The molecule has 2 fully saturated rings. The van der Waals surface area contributed by atoms with Crippen molar-refractivity contribution in [3.63, 3.8) is 0 Å². The fourth-order valence-corrected chi connectivity index (χ4v) is 3.57. The molecule has 2 unspecified atom stereocenters. The SMILES string of the molecule is CO[P+](O)(N=C1N(C)CCN1C)OC1CCO[C@@H]1C. The number of hydrogen-bond acceptors (Lipinski definition) is 5. The molecule has 0 spiro atoms. The van der Waals surface area contributed by atoms with Gasteiger partial charge in [-0.15, -0.1) is 0 Å². The van der Waals surface area contributed by atoms with Crippen molar-refractivity contribution in [2.24, 2.45) is 4.76 Å². The molecule has 0 bridgehead atoms. The summed E-state index contributed by atoms with van der Waals surface area (Å²) in [7, 11) is 2.06. The maximum Gasteiger partial charge on any atom is 0.554 e. The van der Waals surface area contributed by atoms with E-state index in [2.05, 4.69) is 4.76 Å². The van der Waals surface area contributed by atoms with Gasteiger partial charge < -0.3 is 14.5 Å². The van der Waals surface area contributed by atoms with E-state index in [4.69, 9.17) is 13.8 Å². The first kappa shape index (κ1) is 14.9. The Hall–Kier alpha value is -0.460. The van der Waals surface area contributed by atoms with Gasteiger partial charge in [-0.1, -0.05) is 0 Å². The Labute approximate surface area is 114 Å². The monoisotopic (exact) mass is 292 g/mol. The Morgan fingerprint density at radius 2 is 2.00 bits per heavy atom. The quantitative estimate of drug-likeness (QED) is 0.771. The van der Waals surface area contributed by atoms with Crippen LogP contribution in [-0.4, -0.2) is 73.8 Å². The molecule has 0 aliphatic carbocycles. The van der Waals surface area contributed by atoms with Crippen molar-refractivity contribution in [2.45, 2.75) is 25.6 Å². The Morgan fingerprint density at radius 1 is 1.37 bits per heavy atom. The average molecular weight is 292 g/mol. The maximum atomic E-state index is 10.5. The zero-order valence-electron chi connectivity index (χ0n) is 11.9. The summed E-state index contributed by atoms with van der Waals surface area (Å²) in [6, 6.07) is 0. The molecular formula is C11H23N3O4P+. The standard InChI is InChI=1S/C11H23N3O4P/c1-9-10(5-8-17-9)18-19(15,16-4)12-11-13(2)6-7-14(11)3/h9-10,15H,5-8H2,1-4H3/q+1/t9-,10?,19?/m1/s1. The lowest BCUT2D eigenvalue weighted by Crippen LogP contribution is -2.29. The van der Waals surface area contributed by atoms with Gasteiger partial charge in [-0.2, -0.15) is 13.9 Å². The lowest BCUT2D eigenvalue weighted by molar-refractivity contribution is 0.0523. The van der Waals surface area contributed by atoms with Crippen LogP contribution < -0.4 is 0 Å². The number of guanidine groups is 1. The van der Waals surface area contributed by atoms with Crippen molar-refractivity contribution < 1.29 is 18.7 Å². The first-order valence-corrected chi connectivity index (χ1v) is 7.98. The molecule has 0 radical (unpaired) electrons. The molecule has 3 atom stereocenters. The van der Waals surface area contributed by atoms with Gasteiger partial charge in [-0.3, -0.25) is 0 Å². The van der Waals surface area contributed by atoms with Crippen molar-refractivity contribution in [2.75, 3.05) is 40.9 Å². The fourth-order valence-electron chi connectivity index (χ4n) is 2.19. The highest BCUT2D eigenvalue weighted by Gasteiger charge is 2.48. The van der Waals surface area contributed by atoms with Gasteiger partial charge in [0.25, 0.3) is 0 Å². The van der Waals surface area contributed by atoms with E-state index in [9.17, 15) is 4.89 Å². The summed E-state index contributed by atoms with van der Waals surface area (Å²) in [6.07, 6.45) is 0.546. The number of ether oxygens (including phenoxy) is 1. The molecule has 2 saturated heterocycles. The van der Waals surface area contributed by atoms with Crippen molar-refractivity contribution in [3.05, 3.63) is 0 Å². The van der Waals surface area contributed by atoms with E-state index in [-0.39, 0.29) is 12.2 Å². The second-order valence-corrected chi connectivity index (χ2v) is 6.68. The molecule has 0 aromatic heterocycles. The molecule has 2 aliphatic rings. The molecule has 7 nitrogen and oxygen atoms in total. The fraction of sp³-hybridized carbons (Fsp3) is 0.909. The normalized spacial score (nSPS) is 30.9. The summed E-state index contributed by atoms with van der Waals surface area (Å²) in [5, 5.41) is 0. The zero-order valence-corrected chi connectivity index (χ0v) is 12.8. The molecule has 0 aromatic rings. The van der Waals surface area contributed by atoms with Crippen LogP contribution in [0.25, 0.3) is 0 Å². The molecule has 1 N–H and O–H groups in total. The zero-order chi connectivity index (χ0) is 14.0. The Bertz CT molecular complexity index is 345. The van der Waals surface area contributed by atoms with Crippen LogP contribution in [0.1, 0.15) is 13.3 Å². The summed E-state index contributed by atoms with van der Waals surface area (Å²) in [6.45, 7) is 4.33. The van der Waals surface area contributed by atoms with Gasteiger partial charge >= 0.3 is 8.09 Å². The minimum absolute atomic E-state index is 0.0408. The average Bonchev–Trinajstić information content (AvgIpc) is 2.90. The Morgan fingerprint density at radius 3 is 2.47 bits per heavy atom. The van der Waals surface area contributed by atoms with E-state index < -0.39 is 8.09 Å². The molecular weight excluding hydrogens is 269 g/mol. The largest absolute Gasteiger partial charge is 0.554 e. The predicted molar refractivity (Wildman–Crippen MR) is 73.7 cm³/mol. The lowest BCUT2D eigenvalue weighted by Gasteiger charge is -2.19. The van der Waals surface area contributed by atoms with Crippen molar-refractivity contribution in [1.29, 1.82) is 0 Å². The molecule has 2 aliphatic heterocycles. The third-order valence-corrected chi connectivity index (χ3v) is 4.94. The number of rotatable bonds is 4. The molecule has 19 heavy (non-hydrogen) atoms. The molecule has 2 heterocycles. The second kappa shape index (κ2) is 5.89. The minimum Gasteiger partial charge on any atom is -0.376 e. The summed E-state index contributed by atoms with van der Waals surface area (Å²) in [4.78, 5) is 14.4. The highest BCUT2D eigenvalue weighted by molar-refractivity contribution is 7.59. The second-order valence-electron chi connectivity index (χ2n) is 4.92. The maximum absolute atomic E-state index is 10.5. The van der Waals surface area contributed by atoms with Gasteiger partial charge in [-0.05, 0) is 6.92 Å². The van der Waals surface area contributed by atoms with E-state index in [1.165, 1.54) is 7.11 Å². The minimum atomic E-state index is -3.24. The Kier molecular flexibility index (Phi) is 4.63. The molecule has 8 heteroatoms. The van der Waals surface area contributed by atoms with Crippen molar-refractivity contribution >= 4 is 14.1 Å². The van der Waals surface area contributed by atoms with Crippen LogP contribution in [0.3, 0.4) is 0 Å². The molecule has 0 saturated carbocycles. The number of likely N-dealkylation sites (N-methyl/N-ethyl adjacent to an activating group) is 2. The van der Waals surface area contributed by atoms with E-state index in [1.807, 2.05) is 30.8 Å².